The third kappa shape index (κ3) is 3.61. The van der Waals surface area contributed by atoms with Gasteiger partial charge in [0.2, 0.25) is 15.9 Å². The van der Waals surface area contributed by atoms with Crippen LogP contribution < -0.4 is 5.73 Å². The lowest BCUT2D eigenvalue weighted by atomic mass is 10.1. The third-order valence-electron chi connectivity index (χ3n) is 3.62. The van der Waals surface area contributed by atoms with Crippen molar-refractivity contribution < 1.29 is 17.9 Å². The molecule has 0 aliphatic carbocycles. The molecule has 1 aliphatic heterocycles. The number of carbonyl (C=O) groups excluding carboxylic acids is 1. The highest BCUT2D eigenvalue weighted by Gasteiger charge is 2.27. The van der Waals surface area contributed by atoms with E-state index in [-0.39, 0.29) is 10.8 Å². The second kappa shape index (κ2) is 6.55. The maximum absolute atomic E-state index is 12.6. The van der Waals surface area contributed by atoms with Crippen LogP contribution in [-0.4, -0.2) is 44.9 Å². The van der Waals surface area contributed by atoms with E-state index >= 15 is 0 Å². The Morgan fingerprint density at radius 2 is 2.05 bits per heavy atom. The summed E-state index contributed by atoms with van der Waals surface area (Å²) in [5.74, 6) is -0.334. The van der Waals surface area contributed by atoms with Crippen LogP contribution in [0.1, 0.15) is 23.7 Å². The fraction of sp³-hybridized carbons (Fsp3) is 0.500. The van der Waals surface area contributed by atoms with Crippen molar-refractivity contribution in [1.29, 1.82) is 0 Å². The molecule has 1 saturated heterocycles. The molecule has 0 spiro atoms. The highest BCUT2D eigenvalue weighted by molar-refractivity contribution is 7.89. The topological polar surface area (TPSA) is 89.7 Å². The minimum atomic E-state index is -3.56. The summed E-state index contributed by atoms with van der Waals surface area (Å²) in [4.78, 5) is 11.2. The van der Waals surface area contributed by atoms with Crippen LogP contribution in [0.15, 0.2) is 29.2 Å². The molecule has 1 aromatic carbocycles. The number of hydrogen-bond donors (Lipinski definition) is 1. The zero-order chi connectivity index (χ0) is 15.5. The molecule has 6 nitrogen and oxygen atoms in total. The Hall–Kier alpha value is -1.44. The van der Waals surface area contributed by atoms with Crippen molar-refractivity contribution in [3.63, 3.8) is 0 Å². The molecule has 2 rings (SSSR count). The van der Waals surface area contributed by atoms with Crippen molar-refractivity contribution >= 4 is 15.9 Å². The van der Waals surface area contributed by atoms with E-state index in [0.29, 0.717) is 31.9 Å². The fourth-order valence-corrected chi connectivity index (χ4v) is 3.88. The van der Waals surface area contributed by atoms with Crippen molar-refractivity contribution in [2.75, 3.05) is 26.3 Å². The number of hydrogen-bond acceptors (Lipinski definition) is 4. The standard InChI is InChI=1S/C14H20N2O4S/c1-2-16(9-11-7-8-20-10-11)21(18,19)13-5-3-12(4-6-13)14(15)17/h3-6,11H,2,7-10H2,1H3,(H2,15,17)/t11-/m0/s1. The van der Waals surface area contributed by atoms with Gasteiger partial charge in [0.05, 0.1) is 11.5 Å². The fourth-order valence-electron chi connectivity index (χ4n) is 2.35. The molecule has 1 amide bonds. The zero-order valence-electron chi connectivity index (χ0n) is 12.0. The van der Waals surface area contributed by atoms with E-state index in [1.165, 1.54) is 28.6 Å². The van der Waals surface area contributed by atoms with E-state index in [4.69, 9.17) is 10.5 Å². The van der Waals surface area contributed by atoms with Gasteiger partial charge >= 0.3 is 0 Å². The Morgan fingerprint density at radius 1 is 1.38 bits per heavy atom. The number of nitrogens with zero attached hydrogens (tertiary/aromatic N) is 1. The molecule has 21 heavy (non-hydrogen) atoms. The van der Waals surface area contributed by atoms with E-state index < -0.39 is 15.9 Å². The monoisotopic (exact) mass is 312 g/mol. The van der Waals surface area contributed by atoms with Crippen LogP contribution in [0.3, 0.4) is 0 Å². The van der Waals surface area contributed by atoms with Crippen LogP contribution in [0.4, 0.5) is 0 Å². The predicted octanol–water partition coefficient (Wildman–Crippen LogP) is 0.833. The SMILES string of the molecule is CCN(C[C@@H]1CCOC1)S(=O)(=O)c1ccc(C(N)=O)cc1. The number of ether oxygens (including phenoxy) is 1. The maximum atomic E-state index is 12.6. The Bertz CT molecular complexity index is 592. The largest absolute Gasteiger partial charge is 0.381 e. The van der Waals surface area contributed by atoms with Crippen LogP contribution in [0.5, 0.6) is 0 Å². The molecule has 1 aromatic rings. The van der Waals surface area contributed by atoms with Gasteiger partial charge in [-0.1, -0.05) is 6.92 Å². The number of sulfonamides is 1. The first-order chi connectivity index (χ1) is 9.95. The lowest BCUT2D eigenvalue weighted by Crippen LogP contribution is -2.35. The molecule has 1 atom stereocenters. The van der Waals surface area contributed by atoms with E-state index in [0.717, 1.165) is 6.42 Å². The van der Waals surface area contributed by atoms with Gasteiger partial charge in [-0.25, -0.2) is 8.42 Å². The molecular weight excluding hydrogens is 292 g/mol. The van der Waals surface area contributed by atoms with Crippen LogP contribution in [0.2, 0.25) is 0 Å². The van der Waals surface area contributed by atoms with Gasteiger partial charge in [0.1, 0.15) is 0 Å². The van der Waals surface area contributed by atoms with Gasteiger partial charge in [-0.05, 0) is 36.6 Å². The number of rotatable bonds is 6. The van der Waals surface area contributed by atoms with Crippen molar-refractivity contribution in [2.24, 2.45) is 11.7 Å². The molecule has 0 bridgehead atoms. The normalized spacial score (nSPS) is 19.0. The summed E-state index contributed by atoms with van der Waals surface area (Å²) in [5.41, 5.74) is 5.45. The van der Waals surface area contributed by atoms with E-state index in [9.17, 15) is 13.2 Å². The molecule has 116 valence electrons. The summed E-state index contributed by atoms with van der Waals surface area (Å²) >= 11 is 0. The summed E-state index contributed by atoms with van der Waals surface area (Å²) in [6.45, 7) is 3.96. The van der Waals surface area contributed by atoms with Crippen LogP contribution in [0, 0.1) is 5.92 Å². The van der Waals surface area contributed by atoms with E-state index in [1.54, 1.807) is 0 Å². The summed E-state index contributed by atoms with van der Waals surface area (Å²) in [6.07, 6.45) is 0.882. The predicted molar refractivity (Wildman–Crippen MR) is 78.3 cm³/mol. The van der Waals surface area contributed by atoms with Crippen molar-refractivity contribution in [3.05, 3.63) is 29.8 Å². The highest BCUT2D eigenvalue weighted by Crippen LogP contribution is 2.21. The minimum absolute atomic E-state index is 0.174. The van der Waals surface area contributed by atoms with Gasteiger partial charge in [0.15, 0.2) is 0 Å². The average molecular weight is 312 g/mol. The number of nitrogens with two attached hydrogens (primary N) is 1. The number of carbonyl (C=O) groups is 1. The maximum Gasteiger partial charge on any atom is 0.248 e. The van der Waals surface area contributed by atoms with Crippen LogP contribution in [0.25, 0.3) is 0 Å². The summed E-state index contributed by atoms with van der Waals surface area (Å²) in [7, 11) is -3.56. The molecule has 1 heterocycles. The molecule has 0 saturated carbocycles. The first-order valence-electron chi connectivity index (χ1n) is 6.93. The molecule has 0 radical (unpaired) electrons. The van der Waals surface area contributed by atoms with Crippen LogP contribution in [-0.2, 0) is 14.8 Å². The average Bonchev–Trinajstić information content (AvgIpc) is 2.97. The molecule has 7 heteroatoms. The highest BCUT2D eigenvalue weighted by atomic mass is 32.2. The first-order valence-corrected chi connectivity index (χ1v) is 8.37. The minimum Gasteiger partial charge on any atom is -0.381 e. The molecular formula is C14H20N2O4S. The Kier molecular flexibility index (Phi) is 4.97. The van der Waals surface area contributed by atoms with Crippen molar-refractivity contribution in [1.82, 2.24) is 4.31 Å². The zero-order valence-corrected chi connectivity index (χ0v) is 12.8. The smallest absolute Gasteiger partial charge is 0.248 e. The Morgan fingerprint density at radius 3 is 2.52 bits per heavy atom. The van der Waals surface area contributed by atoms with Gasteiger partial charge in [0, 0.05) is 25.3 Å². The first kappa shape index (κ1) is 15.9. The van der Waals surface area contributed by atoms with Gasteiger partial charge in [-0.3, -0.25) is 4.79 Å². The molecule has 0 unspecified atom stereocenters. The van der Waals surface area contributed by atoms with E-state index in [1.807, 2.05) is 6.92 Å². The molecule has 1 fully saturated rings. The number of amides is 1. The van der Waals surface area contributed by atoms with Gasteiger partial charge < -0.3 is 10.5 Å². The second-order valence-electron chi connectivity index (χ2n) is 5.07. The second-order valence-corrected chi connectivity index (χ2v) is 7.01. The summed E-state index contributed by atoms with van der Waals surface area (Å²) < 4.78 is 31.9. The molecule has 0 aromatic heterocycles. The quantitative estimate of drug-likeness (QED) is 0.842. The van der Waals surface area contributed by atoms with Gasteiger partial charge in [-0.15, -0.1) is 0 Å². The Balaban J connectivity index is 2.19. The van der Waals surface area contributed by atoms with Gasteiger partial charge in [-0.2, -0.15) is 4.31 Å². The van der Waals surface area contributed by atoms with E-state index in [2.05, 4.69) is 0 Å². The van der Waals surface area contributed by atoms with Crippen molar-refractivity contribution in [3.8, 4) is 0 Å². The summed E-state index contributed by atoms with van der Waals surface area (Å²) in [5, 5.41) is 0. The van der Waals surface area contributed by atoms with Crippen molar-refractivity contribution in [2.45, 2.75) is 18.2 Å². The molecule has 2 N–H and O–H groups in total. The third-order valence-corrected chi connectivity index (χ3v) is 5.57. The number of benzene rings is 1. The lowest BCUT2D eigenvalue weighted by molar-refractivity contribution is 0.1000. The Labute approximate surface area is 124 Å². The lowest BCUT2D eigenvalue weighted by Gasteiger charge is -2.23. The molecule has 1 aliphatic rings. The number of primary amides is 1. The van der Waals surface area contributed by atoms with Crippen LogP contribution >= 0.6 is 0 Å². The summed E-state index contributed by atoms with van der Waals surface area (Å²) in [6, 6.07) is 5.70. The van der Waals surface area contributed by atoms with Gasteiger partial charge in [0.25, 0.3) is 0 Å².